The van der Waals surface area contributed by atoms with Crippen LogP contribution in [0.3, 0.4) is 0 Å². The number of rotatable bonds is 2. The largest absolute Gasteiger partial charge is 0.388 e. The predicted octanol–water partition coefficient (Wildman–Crippen LogP) is 1.62. The molecule has 2 nitrogen and oxygen atoms in total. The van der Waals surface area contributed by atoms with Crippen LogP contribution in [-0.4, -0.2) is 23.8 Å². The number of benzene rings is 1. The lowest BCUT2D eigenvalue weighted by Gasteiger charge is -2.32. The summed E-state index contributed by atoms with van der Waals surface area (Å²) in [4.78, 5) is 0. The van der Waals surface area contributed by atoms with Crippen LogP contribution >= 0.6 is 0 Å². The van der Waals surface area contributed by atoms with Crippen molar-refractivity contribution in [3.63, 3.8) is 0 Å². The van der Waals surface area contributed by atoms with Crippen LogP contribution in [0.25, 0.3) is 0 Å². The van der Waals surface area contributed by atoms with Crippen LogP contribution in [0.5, 0.6) is 0 Å². The van der Waals surface area contributed by atoms with Crippen molar-refractivity contribution in [1.29, 1.82) is 0 Å². The van der Waals surface area contributed by atoms with Crippen molar-refractivity contribution in [3.05, 3.63) is 35.4 Å². The Bertz CT molecular complexity index is 355. The van der Waals surface area contributed by atoms with Crippen molar-refractivity contribution in [2.24, 2.45) is 0 Å². The van der Waals surface area contributed by atoms with Crippen molar-refractivity contribution in [2.45, 2.75) is 24.9 Å². The zero-order valence-electron chi connectivity index (χ0n) is 8.97. The molecule has 0 aromatic heterocycles. The number of halogens is 2. The van der Waals surface area contributed by atoms with Crippen molar-refractivity contribution < 1.29 is 13.9 Å². The first-order valence-corrected chi connectivity index (χ1v) is 5.45. The van der Waals surface area contributed by atoms with Crippen LogP contribution in [0, 0.1) is 11.6 Å². The maximum atomic E-state index is 13.0. The van der Waals surface area contributed by atoms with Gasteiger partial charge in [0.15, 0.2) is 0 Å². The maximum absolute atomic E-state index is 13.0. The van der Waals surface area contributed by atoms with E-state index in [0.29, 0.717) is 18.5 Å². The average Bonchev–Trinajstić information content (AvgIpc) is 2.15. The van der Waals surface area contributed by atoms with E-state index in [0.717, 1.165) is 19.0 Å². The number of β-amino-alcohol motifs (C(OH)–C–C–N with tert-alkyl or cyclic N) is 1. The molecule has 0 radical (unpaired) electrons. The van der Waals surface area contributed by atoms with Gasteiger partial charge in [-0.2, -0.15) is 0 Å². The van der Waals surface area contributed by atoms with Gasteiger partial charge in [-0.05, 0) is 37.1 Å². The summed E-state index contributed by atoms with van der Waals surface area (Å²) in [5.74, 6) is -1.19. The Kier molecular flexibility index (Phi) is 3.21. The first kappa shape index (κ1) is 11.5. The van der Waals surface area contributed by atoms with Gasteiger partial charge in [0.25, 0.3) is 0 Å². The fraction of sp³-hybridized carbons (Fsp3) is 0.500. The average molecular weight is 227 g/mol. The number of aliphatic hydroxyl groups is 1. The van der Waals surface area contributed by atoms with E-state index in [1.807, 2.05) is 0 Å². The summed E-state index contributed by atoms with van der Waals surface area (Å²) in [7, 11) is 0. The Morgan fingerprint density at radius 3 is 2.50 bits per heavy atom. The molecule has 4 heteroatoms. The van der Waals surface area contributed by atoms with Gasteiger partial charge in [-0.25, -0.2) is 8.78 Å². The standard InChI is InChI=1S/C12H15F2NO/c13-10-4-9(5-11(14)6-10)7-12(16)2-1-3-15-8-12/h4-6,15-16H,1-3,7-8H2. The van der Waals surface area contributed by atoms with Gasteiger partial charge in [-0.3, -0.25) is 0 Å². The molecule has 16 heavy (non-hydrogen) atoms. The summed E-state index contributed by atoms with van der Waals surface area (Å²) in [6, 6.07) is 3.39. The van der Waals surface area contributed by atoms with Gasteiger partial charge < -0.3 is 10.4 Å². The molecule has 1 aromatic rings. The SMILES string of the molecule is OC1(Cc2cc(F)cc(F)c2)CCCNC1. The fourth-order valence-corrected chi connectivity index (χ4v) is 2.20. The van der Waals surface area contributed by atoms with E-state index < -0.39 is 17.2 Å². The van der Waals surface area contributed by atoms with Gasteiger partial charge in [-0.15, -0.1) is 0 Å². The molecule has 0 bridgehead atoms. The van der Waals surface area contributed by atoms with E-state index in [2.05, 4.69) is 5.32 Å². The molecule has 1 saturated heterocycles. The van der Waals surface area contributed by atoms with Crippen molar-refractivity contribution >= 4 is 0 Å². The number of nitrogens with one attached hydrogen (secondary N) is 1. The van der Waals surface area contributed by atoms with Gasteiger partial charge in [-0.1, -0.05) is 0 Å². The van der Waals surface area contributed by atoms with Crippen LogP contribution in [0.4, 0.5) is 8.78 Å². The van der Waals surface area contributed by atoms with Gasteiger partial charge >= 0.3 is 0 Å². The first-order chi connectivity index (χ1) is 7.57. The molecule has 1 fully saturated rings. The quantitative estimate of drug-likeness (QED) is 0.804. The third kappa shape index (κ3) is 2.77. The monoisotopic (exact) mass is 227 g/mol. The molecule has 88 valence electrons. The minimum atomic E-state index is -0.877. The Hall–Kier alpha value is -1.00. The summed E-state index contributed by atoms with van der Waals surface area (Å²) in [6.45, 7) is 1.37. The molecule has 0 aliphatic carbocycles. The second-order valence-corrected chi connectivity index (χ2v) is 4.46. The van der Waals surface area contributed by atoms with Crippen LogP contribution in [-0.2, 0) is 6.42 Å². The molecule has 0 spiro atoms. The molecule has 0 amide bonds. The van der Waals surface area contributed by atoms with E-state index in [1.165, 1.54) is 12.1 Å². The predicted molar refractivity (Wildman–Crippen MR) is 57.1 cm³/mol. The molecular formula is C12H15F2NO. The van der Waals surface area contributed by atoms with Gasteiger partial charge in [0.2, 0.25) is 0 Å². The van der Waals surface area contributed by atoms with Crippen molar-refractivity contribution in [2.75, 3.05) is 13.1 Å². The second-order valence-electron chi connectivity index (χ2n) is 4.46. The highest BCUT2D eigenvalue weighted by atomic mass is 19.1. The number of hydrogen-bond acceptors (Lipinski definition) is 2. The zero-order valence-corrected chi connectivity index (χ0v) is 8.97. The second kappa shape index (κ2) is 4.47. The van der Waals surface area contributed by atoms with Gasteiger partial charge in [0.05, 0.1) is 5.60 Å². The third-order valence-corrected chi connectivity index (χ3v) is 2.91. The summed E-state index contributed by atoms with van der Waals surface area (Å²) >= 11 is 0. The van der Waals surface area contributed by atoms with Crippen molar-refractivity contribution in [3.8, 4) is 0 Å². The minimum Gasteiger partial charge on any atom is -0.388 e. The molecule has 1 aliphatic heterocycles. The Morgan fingerprint density at radius 2 is 1.94 bits per heavy atom. The molecule has 0 saturated carbocycles. The van der Waals surface area contributed by atoms with E-state index in [-0.39, 0.29) is 6.42 Å². The van der Waals surface area contributed by atoms with Gasteiger partial charge in [0.1, 0.15) is 11.6 Å². The Balaban J connectivity index is 2.13. The number of piperidine rings is 1. The Morgan fingerprint density at radius 1 is 1.25 bits per heavy atom. The molecule has 1 atom stereocenters. The lowest BCUT2D eigenvalue weighted by Crippen LogP contribution is -2.47. The molecular weight excluding hydrogens is 212 g/mol. The van der Waals surface area contributed by atoms with E-state index in [9.17, 15) is 13.9 Å². The highest BCUT2D eigenvalue weighted by molar-refractivity contribution is 5.20. The fourth-order valence-electron chi connectivity index (χ4n) is 2.20. The lowest BCUT2D eigenvalue weighted by molar-refractivity contribution is 0.0168. The molecule has 1 unspecified atom stereocenters. The highest BCUT2D eigenvalue weighted by Crippen LogP contribution is 2.22. The normalized spacial score (nSPS) is 25.7. The van der Waals surface area contributed by atoms with Crippen LogP contribution in [0.15, 0.2) is 18.2 Å². The van der Waals surface area contributed by atoms with Crippen LogP contribution < -0.4 is 5.32 Å². The summed E-state index contributed by atoms with van der Waals surface area (Å²) < 4.78 is 25.9. The molecule has 1 aromatic carbocycles. The summed E-state index contributed by atoms with van der Waals surface area (Å²) in [5, 5.41) is 13.3. The van der Waals surface area contributed by atoms with Crippen LogP contribution in [0.1, 0.15) is 18.4 Å². The molecule has 2 N–H and O–H groups in total. The topological polar surface area (TPSA) is 32.3 Å². The third-order valence-electron chi connectivity index (χ3n) is 2.91. The minimum absolute atomic E-state index is 0.286. The van der Waals surface area contributed by atoms with E-state index in [4.69, 9.17) is 0 Å². The van der Waals surface area contributed by atoms with Crippen molar-refractivity contribution in [1.82, 2.24) is 5.32 Å². The van der Waals surface area contributed by atoms with Crippen LogP contribution in [0.2, 0.25) is 0 Å². The van der Waals surface area contributed by atoms with E-state index >= 15 is 0 Å². The molecule has 2 rings (SSSR count). The maximum Gasteiger partial charge on any atom is 0.126 e. The summed E-state index contributed by atoms with van der Waals surface area (Å²) in [5.41, 5.74) is -0.373. The molecule has 1 heterocycles. The summed E-state index contributed by atoms with van der Waals surface area (Å²) in [6.07, 6.45) is 1.83. The molecule has 1 aliphatic rings. The van der Waals surface area contributed by atoms with E-state index in [1.54, 1.807) is 0 Å². The lowest BCUT2D eigenvalue weighted by atomic mass is 9.87. The Labute approximate surface area is 93.3 Å². The highest BCUT2D eigenvalue weighted by Gasteiger charge is 2.29. The van der Waals surface area contributed by atoms with Gasteiger partial charge in [0, 0.05) is 19.0 Å². The number of hydrogen-bond donors (Lipinski definition) is 2. The zero-order chi connectivity index (χ0) is 11.6. The smallest absolute Gasteiger partial charge is 0.126 e. The first-order valence-electron chi connectivity index (χ1n) is 5.45.